The normalized spacial score (nSPS) is 15.4. The van der Waals surface area contributed by atoms with Gasteiger partial charge >= 0.3 is 6.03 Å². The van der Waals surface area contributed by atoms with Crippen LogP contribution in [-0.2, 0) is 0 Å². The zero-order chi connectivity index (χ0) is 13.5. The maximum atomic E-state index is 11.6. The first kappa shape index (κ1) is 14.2. The van der Waals surface area contributed by atoms with E-state index in [1.807, 2.05) is 36.0 Å². The molecule has 0 aliphatic heterocycles. The summed E-state index contributed by atoms with van der Waals surface area (Å²) in [6, 6.07) is 7.60. The Bertz CT molecular complexity index is 420. The van der Waals surface area contributed by atoms with Crippen LogP contribution in [-0.4, -0.2) is 29.5 Å². The molecule has 0 spiro atoms. The second-order valence-electron chi connectivity index (χ2n) is 4.62. The molecule has 0 atom stereocenters. The van der Waals surface area contributed by atoms with Crippen molar-refractivity contribution in [1.29, 1.82) is 0 Å². The molecule has 0 saturated heterocycles. The van der Waals surface area contributed by atoms with Crippen LogP contribution in [0, 0.1) is 0 Å². The molecule has 0 unspecified atom stereocenters. The van der Waals surface area contributed by atoms with Crippen molar-refractivity contribution < 1.29 is 9.90 Å². The van der Waals surface area contributed by atoms with Crippen molar-refractivity contribution in [2.75, 3.05) is 18.5 Å². The van der Waals surface area contributed by atoms with Crippen LogP contribution >= 0.6 is 11.8 Å². The van der Waals surface area contributed by atoms with Gasteiger partial charge in [-0.1, -0.05) is 25.0 Å². The Morgan fingerprint density at radius 3 is 2.79 bits per heavy atom. The molecule has 1 saturated carbocycles. The van der Waals surface area contributed by atoms with E-state index in [1.165, 1.54) is 25.7 Å². The number of hydrogen-bond acceptors (Lipinski definition) is 3. The van der Waals surface area contributed by atoms with E-state index in [9.17, 15) is 4.79 Å². The topological polar surface area (TPSA) is 61.4 Å². The van der Waals surface area contributed by atoms with Crippen LogP contribution in [0.25, 0.3) is 0 Å². The minimum atomic E-state index is -0.270. The molecule has 1 aromatic rings. The lowest BCUT2D eigenvalue weighted by Crippen LogP contribution is -2.31. The maximum absolute atomic E-state index is 11.6. The van der Waals surface area contributed by atoms with E-state index in [1.54, 1.807) is 0 Å². The SMILES string of the molecule is O=C(NCCO)Nc1ccccc1SC1CCCC1. The van der Waals surface area contributed by atoms with Crippen LogP contribution < -0.4 is 10.6 Å². The summed E-state index contributed by atoms with van der Waals surface area (Å²) in [4.78, 5) is 12.7. The van der Waals surface area contributed by atoms with Crippen molar-refractivity contribution in [3.63, 3.8) is 0 Å². The van der Waals surface area contributed by atoms with E-state index in [0.717, 1.165) is 10.6 Å². The van der Waals surface area contributed by atoms with Gasteiger partial charge in [0.25, 0.3) is 0 Å². The van der Waals surface area contributed by atoms with E-state index in [0.29, 0.717) is 5.25 Å². The highest BCUT2D eigenvalue weighted by atomic mass is 32.2. The van der Waals surface area contributed by atoms with Crippen LogP contribution in [0.15, 0.2) is 29.2 Å². The zero-order valence-electron chi connectivity index (χ0n) is 10.9. The van der Waals surface area contributed by atoms with Gasteiger partial charge in [0.05, 0.1) is 12.3 Å². The Kier molecular flexibility index (Phi) is 5.54. The molecule has 3 N–H and O–H groups in total. The maximum Gasteiger partial charge on any atom is 0.319 e. The Morgan fingerprint density at radius 1 is 1.32 bits per heavy atom. The fourth-order valence-corrected chi connectivity index (χ4v) is 3.53. The van der Waals surface area contributed by atoms with Crippen molar-refractivity contribution in [2.45, 2.75) is 35.8 Å². The Balaban J connectivity index is 1.97. The van der Waals surface area contributed by atoms with Gasteiger partial charge in [-0.25, -0.2) is 4.79 Å². The molecule has 1 fully saturated rings. The van der Waals surface area contributed by atoms with Gasteiger partial charge < -0.3 is 15.7 Å². The minimum Gasteiger partial charge on any atom is -0.395 e. The number of carbonyl (C=O) groups excluding carboxylic acids is 1. The molecule has 104 valence electrons. The van der Waals surface area contributed by atoms with E-state index >= 15 is 0 Å². The van der Waals surface area contributed by atoms with Crippen LogP contribution in [0.4, 0.5) is 10.5 Å². The van der Waals surface area contributed by atoms with Crippen molar-refractivity contribution in [1.82, 2.24) is 5.32 Å². The standard InChI is InChI=1S/C14H20N2O2S/c17-10-9-15-14(18)16-12-7-3-4-8-13(12)19-11-5-1-2-6-11/h3-4,7-8,11,17H,1-2,5-6,9-10H2,(H2,15,16,18). The quantitative estimate of drug-likeness (QED) is 0.777. The largest absolute Gasteiger partial charge is 0.395 e. The van der Waals surface area contributed by atoms with Gasteiger partial charge in [-0.05, 0) is 25.0 Å². The number of thioether (sulfide) groups is 1. The summed E-state index contributed by atoms with van der Waals surface area (Å²) in [7, 11) is 0. The number of aliphatic hydroxyl groups is 1. The molecule has 2 amide bonds. The Morgan fingerprint density at radius 2 is 2.05 bits per heavy atom. The lowest BCUT2D eigenvalue weighted by molar-refractivity contribution is 0.244. The summed E-state index contributed by atoms with van der Waals surface area (Å²) in [5.74, 6) is 0. The summed E-state index contributed by atoms with van der Waals surface area (Å²) in [6.45, 7) is 0.218. The predicted octanol–water partition coefficient (Wildman–Crippen LogP) is 2.84. The van der Waals surface area contributed by atoms with Gasteiger partial charge in [0.15, 0.2) is 0 Å². The molecule has 0 radical (unpaired) electrons. The second-order valence-corrected chi connectivity index (χ2v) is 5.97. The van der Waals surface area contributed by atoms with E-state index in [4.69, 9.17) is 5.11 Å². The number of aliphatic hydroxyl groups excluding tert-OH is 1. The molecule has 0 aromatic heterocycles. The van der Waals surface area contributed by atoms with Gasteiger partial charge in [-0.15, -0.1) is 11.8 Å². The summed E-state index contributed by atoms with van der Waals surface area (Å²) in [6.07, 6.45) is 5.14. The van der Waals surface area contributed by atoms with Crippen molar-refractivity contribution >= 4 is 23.5 Å². The van der Waals surface area contributed by atoms with Crippen molar-refractivity contribution in [3.8, 4) is 0 Å². The van der Waals surface area contributed by atoms with E-state index < -0.39 is 0 Å². The smallest absolute Gasteiger partial charge is 0.319 e. The molecule has 4 nitrogen and oxygen atoms in total. The summed E-state index contributed by atoms with van der Waals surface area (Å²) >= 11 is 1.85. The van der Waals surface area contributed by atoms with Gasteiger partial charge in [-0.3, -0.25) is 0 Å². The van der Waals surface area contributed by atoms with Gasteiger partial charge in [0, 0.05) is 16.7 Å². The minimum absolute atomic E-state index is 0.0497. The lowest BCUT2D eigenvalue weighted by Gasteiger charge is -2.14. The molecule has 2 rings (SSSR count). The number of rotatable bonds is 5. The highest BCUT2D eigenvalue weighted by Gasteiger charge is 2.17. The summed E-state index contributed by atoms with van der Waals surface area (Å²) in [5, 5.41) is 14.8. The molecule has 5 heteroatoms. The number of carbonyl (C=O) groups is 1. The van der Waals surface area contributed by atoms with Crippen molar-refractivity contribution in [3.05, 3.63) is 24.3 Å². The molecule has 0 bridgehead atoms. The first-order valence-corrected chi connectivity index (χ1v) is 7.59. The van der Waals surface area contributed by atoms with Crippen LogP contribution in [0.5, 0.6) is 0 Å². The first-order valence-electron chi connectivity index (χ1n) is 6.71. The molecular weight excluding hydrogens is 260 g/mol. The number of urea groups is 1. The predicted molar refractivity (Wildman–Crippen MR) is 78.7 cm³/mol. The number of para-hydroxylation sites is 1. The van der Waals surface area contributed by atoms with E-state index in [2.05, 4.69) is 10.6 Å². The van der Waals surface area contributed by atoms with Crippen LogP contribution in [0.2, 0.25) is 0 Å². The zero-order valence-corrected chi connectivity index (χ0v) is 11.7. The summed E-state index contributed by atoms with van der Waals surface area (Å²) < 4.78 is 0. The fourth-order valence-electron chi connectivity index (χ4n) is 2.19. The third kappa shape index (κ3) is 4.44. The average Bonchev–Trinajstić information content (AvgIpc) is 2.91. The third-order valence-corrected chi connectivity index (χ3v) is 4.54. The fraction of sp³-hybridized carbons (Fsp3) is 0.500. The monoisotopic (exact) mass is 280 g/mol. The van der Waals surface area contributed by atoms with Crippen molar-refractivity contribution in [2.24, 2.45) is 0 Å². The number of amides is 2. The van der Waals surface area contributed by atoms with Gasteiger partial charge in [0.1, 0.15) is 0 Å². The Labute approximate surface area is 118 Å². The van der Waals surface area contributed by atoms with Gasteiger partial charge in [0.2, 0.25) is 0 Å². The molecule has 1 aromatic carbocycles. The number of anilines is 1. The third-order valence-electron chi connectivity index (χ3n) is 3.13. The number of benzene rings is 1. The highest BCUT2D eigenvalue weighted by Crippen LogP contribution is 2.37. The molecule has 1 aliphatic rings. The molecular formula is C14H20N2O2S. The van der Waals surface area contributed by atoms with E-state index in [-0.39, 0.29) is 19.2 Å². The number of hydrogen-bond donors (Lipinski definition) is 3. The highest BCUT2D eigenvalue weighted by molar-refractivity contribution is 8.00. The average molecular weight is 280 g/mol. The lowest BCUT2D eigenvalue weighted by atomic mass is 10.3. The summed E-state index contributed by atoms with van der Waals surface area (Å²) in [5.41, 5.74) is 0.842. The molecule has 0 heterocycles. The van der Waals surface area contributed by atoms with Crippen LogP contribution in [0.1, 0.15) is 25.7 Å². The molecule has 19 heavy (non-hydrogen) atoms. The molecule has 1 aliphatic carbocycles. The first-order chi connectivity index (χ1) is 9.29. The van der Waals surface area contributed by atoms with Gasteiger partial charge in [-0.2, -0.15) is 0 Å². The second kappa shape index (κ2) is 7.40. The number of nitrogens with one attached hydrogen (secondary N) is 2. The van der Waals surface area contributed by atoms with Crippen LogP contribution in [0.3, 0.4) is 0 Å². The Hall–Kier alpha value is -1.20.